The fourth-order valence-electron chi connectivity index (χ4n) is 1.49. The van der Waals surface area contributed by atoms with Crippen LogP contribution in [-0.4, -0.2) is 18.0 Å². The molecule has 0 unspecified atom stereocenters. The van der Waals surface area contributed by atoms with Crippen molar-refractivity contribution in [2.45, 2.75) is 34.6 Å². The summed E-state index contributed by atoms with van der Waals surface area (Å²) in [6.45, 7) is 17.3. The number of hydrogen-bond donors (Lipinski definition) is 0. The van der Waals surface area contributed by atoms with E-state index in [4.69, 9.17) is 0 Å². The standard InChI is InChI=1S/C13H25N/c1-7-8-13(6)14(9-11(2)3)10-12(4)5/h7-8,11-12H,6,9-10H2,1-5H3/b8-7+. The summed E-state index contributed by atoms with van der Waals surface area (Å²) in [7, 11) is 0. The summed E-state index contributed by atoms with van der Waals surface area (Å²) < 4.78 is 0. The van der Waals surface area contributed by atoms with Crippen LogP contribution < -0.4 is 0 Å². The first-order valence-electron chi connectivity index (χ1n) is 5.53. The molecule has 0 aliphatic heterocycles. The van der Waals surface area contributed by atoms with Gasteiger partial charge in [0.2, 0.25) is 0 Å². The van der Waals surface area contributed by atoms with Gasteiger partial charge in [-0.3, -0.25) is 0 Å². The van der Waals surface area contributed by atoms with E-state index in [1.165, 1.54) is 0 Å². The summed E-state index contributed by atoms with van der Waals surface area (Å²) in [6, 6.07) is 0. The highest BCUT2D eigenvalue weighted by Crippen LogP contribution is 2.10. The predicted octanol–water partition coefficient (Wildman–Crippen LogP) is 3.69. The first-order valence-corrected chi connectivity index (χ1v) is 5.53. The fraction of sp³-hybridized carbons (Fsp3) is 0.692. The summed E-state index contributed by atoms with van der Waals surface area (Å²) in [4.78, 5) is 2.37. The highest BCUT2D eigenvalue weighted by molar-refractivity contribution is 5.12. The highest BCUT2D eigenvalue weighted by atomic mass is 15.1. The smallest absolute Gasteiger partial charge is 0.0290 e. The Labute approximate surface area is 89.5 Å². The van der Waals surface area contributed by atoms with E-state index in [2.05, 4.69) is 51.3 Å². The molecule has 0 saturated carbocycles. The van der Waals surface area contributed by atoms with E-state index in [0.29, 0.717) is 11.8 Å². The fourth-order valence-corrected chi connectivity index (χ4v) is 1.49. The van der Waals surface area contributed by atoms with Crippen molar-refractivity contribution in [1.82, 2.24) is 4.90 Å². The Morgan fingerprint density at radius 3 is 1.86 bits per heavy atom. The second-order valence-corrected chi connectivity index (χ2v) is 4.68. The van der Waals surface area contributed by atoms with Crippen LogP contribution in [0, 0.1) is 11.8 Å². The Bertz CT molecular complexity index is 179. The molecule has 0 atom stereocenters. The second kappa shape index (κ2) is 6.69. The summed E-state index contributed by atoms with van der Waals surface area (Å²) in [5.41, 5.74) is 1.13. The zero-order valence-corrected chi connectivity index (χ0v) is 10.4. The summed E-state index contributed by atoms with van der Waals surface area (Å²) in [5.74, 6) is 1.38. The van der Waals surface area contributed by atoms with Crippen molar-refractivity contribution >= 4 is 0 Å². The van der Waals surface area contributed by atoms with Crippen molar-refractivity contribution in [1.29, 1.82) is 0 Å². The van der Waals surface area contributed by atoms with E-state index in [-0.39, 0.29) is 0 Å². The number of nitrogens with zero attached hydrogens (tertiary/aromatic N) is 1. The molecule has 0 saturated heterocycles. The van der Waals surface area contributed by atoms with Gasteiger partial charge in [0.05, 0.1) is 0 Å². The third-order valence-corrected chi connectivity index (χ3v) is 1.94. The van der Waals surface area contributed by atoms with E-state index in [1.807, 2.05) is 6.92 Å². The summed E-state index contributed by atoms with van der Waals surface area (Å²) >= 11 is 0. The molecule has 0 aliphatic rings. The second-order valence-electron chi connectivity index (χ2n) is 4.68. The Hall–Kier alpha value is -0.720. The minimum absolute atomic E-state index is 0.691. The van der Waals surface area contributed by atoms with Crippen LogP contribution in [0.25, 0.3) is 0 Å². The van der Waals surface area contributed by atoms with Gasteiger partial charge >= 0.3 is 0 Å². The average molecular weight is 195 g/mol. The molecule has 0 aromatic carbocycles. The van der Waals surface area contributed by atoms with Gasteiger partial charge in [0.15, 0.2) is 0 Å². The van der Waals surface area contributed by atoms with Crippen LogP contribution in [0.4, 0.5) is 0 Å². The maximum Gasteiger partial charge on any atom is 0.0290 e. The third kappa shape index (κ3) is 5.85. The van der Waals surface area contributed by atoms with Crippen molar-refractivity contribution in [2.24, 2.45) is 11.8 Å². The Kier molecular flexibility index (Phi) is 6.35. The van der Waals surface area contributed by atoms with E-state index in [0.717, 1.165) is 18.8 Å². The molecular formula is C13H25N. The number of rotatable bonds is 6. The van der Waals surface area contributed by atoms with Gasteiger partial charge in [-0.2, -0.15) is 0 Å². The van der Waals surface area contributed by atoms with Gasteiger partial charge < -0.3 is 4.90 Å². The molecule has 0 amide bonds. The molecule has 14 heavy (non-hydrogen) atoms. The molecule has 0 aromatic rings. The Morgan fingerprint density at radius 2 is 1.57 bits per heavy atom. The maximum atomic E-state index is 4.09. The lowest BCUT2D eigenvalue weighted by atomic mass is 10.1. The predicted molar refractivity (Wildman–Crippen MR) is 65.2 cm³/mol. The lowest BCUT2D eigenvalue weighted by Gasteiger charge is -2.28. The molecule has 1 heteroatoms. The largest absolute Gasteiger partial charge is 0.372 e. The lowest BCUT2D eigenvalue weighted by Crippen LogP contribution is -2.29. The van der Waals surface area contributed by atoms with Crippen molar-refractivity contribution in [3.05, 3.63) is 24.4 Å². The van der Waals surface area contributed by atoms with Gasteiger partial charge in [0.25, 0.3) is 0 Å². The minimum Gasteiger partial charge on any atom is -0.372 e. The number of hydrogen-bond acceptors (Lipinski definition) is 1. The van der Waals surface area contributed by atoms with Crippen LogP contribution in [0.3, 0.4) is 0 Å². The molecule has 0 spiro atoms. The SMILES string of the molecule is C=C(/C=C/C)N(CC(C)C)CC(C)C. The highest BCUT2D eigenvalue weighted by Gasteiger charge is 2.09. The van der Waals surface area contributed by atoms with Gasteiger partial charge in [-0.1, -0.05) is 40.3 Å². The molecule has 0 aliphatic carbocycles. The molecule has 82 valence electrons. The molecule has 0 heterocycles. The van der Waals surface area contributed by atoms with Crippen LogP contribution in [0.15, 0.2) is 24.4 Å². The quantitative estimate of drug-likeness (QED) is 0.584. The maximum absolute atomic E-state index is 4.09. The van der Waals surface area contributed by atoms with E-state index in [9.17, 15) is 0 Å². The van der Waals surface area contributed by atoms with E-state index >= 15 is 0 Å². The lowest BCUT2D eigenvalue weighted by molar-refractivity contribution is 0.282. The van der Waals surface area contributed by atoms with Crippen molar-refractivity contribution in [3.8, 4) is 0 Å². The van der Waals surface area contributed by atoms with Crippen LogP contribution >= 0.6 is 0 Å². The average Bonchev–Trinajstić information content (AvgIpc) is 2.01. The molecule has 0 aromatic heterocycles. The summed E-state index contributed by atoms with van der Waals surface area (Å²) in [5, 5.41) is 0. The minimum atomic E-state index is 0.691. The normalized spacial score (nSPS) is 11.6. The van der Waals surface area contributed by atoms with Crippen molar-refractivity contribution in [3.63, 3.8) is 0 Å². The van der Waals surface area contributed by atoms with Crippen molar-refractivity contribution in [2.75, 3.05) is 13.1 Å². The first kappa shape index (κ1) is 13.3. The molecule has 0 rings (SSSR count). The van der Waals surface area contributed by atoms with Gasteiger partial charge in [-0.15, -0.1) is 0 Å². The monoisotopic (exact) mass is 195 g/mol. The van der Waals surface area contributed by atoms with Crippen molar-refractivity contribution < 1.29 is 0 Å². The van der Waals surface area contributed by atoms with Crippen LogP contribution in [0.2, 0.25) is 0 Å². The topological polar surface area (TPSA) is 3.24 Å². The molecule has 0 N–H and O–H groups in total. The van der Waals surface area contributed by atoms with E-state index in [1.54, 1.807) is 0 Å². The van der Waals surface area contributed by atoms with E-state index < -0.39 is 0 Å². The molecule has 1 nitrogen and oxygen atoms in total. The Balaban J connectivity index is 4.30. The molecule has 0 fully saturated rings. The molecular weight excluding hydrogens is 170 g/mol. The summed E-state index contributed by atoms with van der Waals surface area (Å²) in [6.07, 6.45) is 4.14. The third-order valence-electron chi connectivity index (χ3n) is 1.94. The number of allylic oxidation sites excluding steroid dienone is 2. The van der Waals surface area contributed by atoms with Gasteiger partial charge in [-0.05, 0) is 24.8 Å². The van der Waals surface area contributed by atoms with Crippen LogP contribution in [0.5, 0.6) is 0 Å². The van der Waals surface area contributed by atoms with Gasteiger partial charge in [-0.25, -0.2) is 0 Å². The first-order chi connectivity index (χ1) is 6.47. The van der Waals surface area contributed by atoms with Gasteiger partial charge in [0, 0.05) is 18.8 Å². The zero-order valence-electron chi connectivity index (χ0n) is 10.4. The molecule has 0 bridgehead atoms. The van der Waals surface area contributed by atoms with Crippen LogP contribution in [-0.2, 0) is 0 Å². The Morgan fingerprint density at radius 1 is 1.14 bits per heavy atom. The van der Waals surface area contributed by atoms with Gasteiger partial charge in [0.1, 0.15) is 0 Å². The molecule has 0 radical (unpaired) electrons. The zero-order chi connectivity index (χ0) is 11.1. The van der Waals surface area contributed by atoms with Crippen LogP contribution in [0.1, 0.15) is 34.6 Å².